The van der Waals surface area contributed by atoms with Gasteiger partial charge in [-0.2, -0.15) is 0 Å². The van der Waals surface area contributed by atoms with Crippen molar-refractivity contribution in [1.82, 2.24) is 0 Å². The van der Waals surface area contributed by atoms with E-state index in [0.717, 1.165) is 41.5 Å². The number of hydrogen-bond acceptors (Lipinski definition) is 12. The molecule has 0 aromatic heterocycles. The van der Waals surface area contributed by atoms with E-state index >= 15 is 0 Å². The first-order valence-electron chi connectivity index (χ1n) is 10.9. The van der Waals surface area contributed by atoms with E-state index in [0.29, 0.717) is 0 Å². The van der Waals surface area contributed by atoms with Gasteiger partial charge in [-0.3, -0.25) is 28.8 Å². The Morgan fingerprint density at radius 3 is 0.514 bits per heavy atom. The number of carboxylic acid groups (broad SMARTS) is 3. The molecule has 0 aliphatic rings. The standard InChI is InChI=1S/3C8H12O4.Al/c3*1-4-8(5(2)9,6(3)10)7(11)12;/h3*4H2,1-3H3,(H,11,12);/q;;;+3/p-3. The van der Waals surface area contributed by atoms with Gasteiger partial charge >= 0.3 is 17.4 Å². The zero-order valence-electron chi connectivity index (χ0n) is 22.6. The molecule has 0 atom stereocenters. The molecule has 0 aromatic rings. The third-order valence-corrected chi connectivity index (χ3v) is 6.24. The number of Topliss-reactive ketones (excluding diaryl/α,β-unsaturated/α-hetero) is 6. The Kier molecular flexibility index (Phi) is 18.5. The molecule has 0 rings (SSSR count). The van der Waals surface area contributed by atoms with Gasteiger partial charge in [0.05, 0.1) is 17.9 Å². The van der Waals surface area contributed by atoms with Crippen LogP contribution in [0.15, 0.2) is 0 Å². The zero-order valence-corrected chi connectivity index (χ0v) is 23.8. The monoisotopic (exact) mass is 540 g/mol. The van der Waals surface area contributed by atoms with Gasteiger partial charge in [0.2, 0.25) is 0 Å². The van der Waals surface area contributed by atoms with Gasteiger partial charge in [-0.1, -0.05) is 20.8 Å². The predicted octanol–water partition coefficient (Wildman–Crippen LogP) is -2.45. The summed E-state index contributed by atoms with van der Waals surface area (Å²) in [6.45, 7) is 10.9. The van der Waals surface area contributed by atoms with Crippen LogP contribution in [-0.4, -0.2) is 70.0 Å². The van der Waals surface area contributed by atoms with Gasteiger partial charge in [0.25, 0.3) is 0 Å². The SMILES string of the molecule is CCC(C(C)=O)(C(C)=O)C(=O)[O-].CCC(C(C)=O)(C(C)=O)C(=O)[O-].CCC(C(C)=O)(C(C)=O)C(=O)[O-].[Al+3]. The van der Waals surface area contributed by atoms with Crippen molar-refractivity contribution in [3.05, 3.63) is 0 Å². The van der Waals surface area contributed by atoms with Crippen LogP contribution < -0.4 is 15.3 Å². The summed E-state index contributed by atoms with van der Waals surface area (Å²) in [4.78, 5) is 97.4. The van der Waals surface area contributed by atoms with Crippen molar-refractivity contribution in [2.45, 2.75) is 81.6 Å². The summed E-state index contributed by atoms with van der Waals surface area (Å²) in [5.41, 5.74) is -5.79. The maximum absolute atomic E-state index is 10.9. The second-order valence-corrected chi connectivity index (χ2v) is 7.98. The summed E-state index contributed by atoms with van der Waals surface area (Å²) in [6.07, 6.45) is -0.167. The molecule has 0 unspecified atom stereocenters. The van der Waals surface area contributed by atoms with E-state index in [1.54, 1.807) is 0 Å². The van der Waals surface area contributed by atoms with Crippen LogP contribution in [0.3, 0.4) is 0 Å². The van der Waals surface area contributed by atoms with Crippen LogP contribution >= 0.6 is 0 Å². The molecule has 0 bridgehead atoms. The van der Waals surface area contributed by atoms with Gasteiger partial charge < -0.3 is 29.7 Å². The zero-order chi connectivity index (χ0) is 29.8. The quantitative estimate of drug-likeness (QED) is 0.186. The summed E-state index contributed by atoms with van der Waals surface area (Å²) in [6, 6.07) is 0. The maximum Gasteiger partial charge on any atom is 3.00 e. The van der Waals surface area contributed by atoms with E-state index in [4.69, 9.17) is 0 Å². The van der Waals surface area contributed by atoms with Crippen molar-refractivity contribution in [1.29, 1.82) is 0 Å². The Labute approximate surface area is 226 Å². The summed E-state index contributed by atoms with van der Waals surface area (Å²) < 4.78 is 0. The van der Waals surface area contributed by atoms with Crippen LogP contribution in [0.25, 0.3) is 0 Å². The van der Waals surface area contributed by atoms with Crippen molar-refractivity contribution in [2.24, 2.45) is 16.2 Å². The van der Waals surface area contributed by atoms with E-state index in [1.165, 1.54) is 20.8 Å². The molecule has 0 heterocycles. The summed E-state index contributed by atoms with van der Waals surface area (Å²) in [5.74, 6) is -8.83. The molecule has 0 fully saturated rings. The number of carboxylic acids is 3. The molecule has 0 saturated heterocycles. The molecule has 0 radical (unpaired) electrons. The van der Waals surface area contributed by atoms with E-state index in [9.17, 15) is 58.5 Å². The fourth-order valence-corrected chi connectivity index (χ4v) is 3.53. The molecule has 0 amide bonds. The van der Waals surface area contributed by atoms with Gasteiger partial charge in [0, 0.05) is 0 Å². The number of carbonyl (C=O) groups is 9. The normalized spacial score (nSPS) is 10.6. The Hall–Kier alpha value is -3.04. The predicted molar refractivity (Wildman–Crippen MR) is 123 cm³/mol. The number of ketones is 6. The molecule has 0 aliphatic carbocycles. The number of hydrogen-bond donors (Lipinski definition) is 0. The van der Waals surface area contributed by atoms with Gasteiger partial charge in [0.1, 0.15) is 50.9 Å². The van der Waals surface area contributed by atoms with Crippen molar-refractivity contribution in [2.75, 3.05) is 0 Å². The molecule has 0 aliphatic heterocycles. The summed E-state index contributed by atoms with van der Waals surface area (Å²) in [5, 5.41) is 31.7. The topological polar surface area (TPSA) is 223 Å². The Morgan fingerprint density at radius 2 is 0.514 bits per heavy atom. The van der Waals surface area contributed by atoms with Crippen molar-refractivity contribution < 1.29 is 58.5 Å². The number of rotatable bonds is 12. The van der Waals surface area contributed by atoms with Gasteiger partial charge in [-0.05, 0) is 60.8 Å². The molecule has 0 N–H and O–H groups in total. The smallest absolute Gasteiger partial charge is 0.549 e. The molecule has 12 nitrogen and oxygen atoms in total. The summed E-state index contributed by atoms with van der Waals surface area (Å²) >= 11 is 0. The Bertz CT molecular complexity index is 705. The molecule has 204 valence electrons. The Balaban J connectivity index is -0.000000218. The molecule has 13 heteroatoms. The third-order valence-electron chi connectivity index (χ3n) is 6.24. The minimum atomic E-state index is -1.93. The average molecular weight is 540 g/mol. The first-order chi connectivity index (χ1) is 16.2. The van der Waals surface area contributed by atoms with Crippen LogP contribution in [0.1, 0.15) is 81.6 Å². The number of carbonyl (C=O) groups excluding carboxylic acids is 9. The molecule has 0 saturated carbocycles. The van der Waals surface area contributed by atoms with Crippen molar-refractivity contribution >= 4 is 70.0 Å². The Morgan fingerprint density at radius 1 is 0.405 bits per heavy atom. The fraction of sp³-hybridized carbons (Fsp3) is 0.625. The average Bonchev–Trinajstić information content (AvgIpc) is 2.69. The van der Waals surface area contributed by atoms with E-state index < -0.39 is 68.9 Å². The minimum Gasteiger partial charge on any atom is -0.549 e. The summed E-state index contributed by atoms with van der Waals surface area (Å²) in [7, 11) is 0. The van der Waals surface area contributed by atoms with Gasteiger partial charge in [0.15, 0.2) is 0 Å². The second kappa shape index (κ2) is 16.7. The van der Waals surface area contributed by atoms with Crippen molar-refractivity contribution in [3.8, 4) is 0 Å². The number of aliphatic carboxylic acids is 3. The van der Waals surface area contributed by atoms with Crippen LogP contribution in [0.5, 0.6) is 0 Å². The fourth-order valence-electron chi connectivity index (χ4n) is 3.53. The molecule has 0 spiro atoms. The third kappa shape index (κ3) is 8.79. The van der Waals surface area contributed by atoms with Crippen LogP contribution in [-0.2, 0) is 43.2 Å². The van der Waals surface area contributed by atoms with E-state index in [2.05, 4.69) is 0 Å². The molecule has 0 aromatic carbocycles. The van der Waals surface area contributed by atoms with Crippen molar-refractivity contribution in [3.63, 3.8) is 0 Å². The minimum absolute atomic E-state index is 0. The van der Waals surface area contributed by atoms with E-state index in [1.807, 2.05) is 0 Å². The van der Waals surface area contributed by atoms with Crippen LogP contribution in [0, 0.1) is 16.2 Å². The first kappa shape index (κ1) is 41.1. The molecule has 37 heavy (non-hydrogen) atoms. The molecular formula is C24H33AlO12. The largest absolute Gasteiger partial charge is 3.00 e. The molecular weight excluding hydrogens is 507 g/mol. The van der Waals surface area contributed by atoms with Crippen LogP contribution in [0.2, 0.25) is 0 Å². The van der Waals surface area contributed by atoms with E-state index in [-0.39, 0.29) is 36.6 Å². The first-order valence-corrected chi connectivity index (χ1v) is 10.9. The van der Waals surface area contributed by atoms with Gasteiger partial charge in [-0.25, -0.2) is 0 Å². The maximum atomic E-state index is 10.9. The van der Waals surface area contributed by atoms with Crippen LogP contribution in [0.4, 0.5) is 0 Å². The van der Waals surface area contributed by atoms with Gasteiger partial charge in [-0.15, -0.1) is 0 Å². The second-order valence-electron chi connectivity index (χ2n) is 7.98.